The summed E-state index contributed by atoms with van der Waals surface area (Å²) in [5.74, 6) is 0.301. The second-order valence-electron chi connectivity index (χ2n) is 5.94. The monoisotopic (exact) mass is 370 g/mol. The number of pyridine rings is 1. The van der Waals surface area contributed by atoms with E-state index in [4.69, 9.17) is 9.26 Å². The van der Waals surface area contributed by atoms with E-state index in [9.17, 15) is 9.18 Å². The summed E-state index contributed by atoms with van der Waals surface area (Å²) >= 11 is 0. The van der Waals surface area contributed by atoms with Crippen LogP contribution in [0.3, 0.4) is 0 Å². The summed E-state index contributed by atoms with van der Waals surface area (Å²) in [5.41, 5.74) is 1.39. The predicted molar refractivity (Wildman–Crippen MR) is 95.4 cm³/mol. The van der Waals surface area contributed by atoms with Gasteiger partial charge in [-0.2, -0.15) is 4.98 Å². The van der Waals surface area contributed by atoms with Gasteiger partial charge in [0.05, 0.1) is 13.2 Å². The first-order valence-electron chi connectivity index (χ1n) is 8.42. The SMILES string of the molecule is COc1ccc(C(C)NC(=O)CCc2nc(-c3cccnc3)no2)cc1F. The van der Waals surface area contributed by atoms with Gasteiger partial charge in [0, 0.05) is 30.8 Å². The lowest BCUT2D eigenvalue weighted by molar-refractivity contribution is -0.121. The van der Waals surface area contributed by atoms with Crippen LogP contribution < -0.4 is 10.1 Å². The van der Waals surface area contributed by atoms with Crippen LogP contribution in [0.1, 0.15) is 30.8 Å². The molecule has 1 aromatic carbocycles. The third kappa shape index (κ3) is 4.66. The van der Waals surface area contributed by atoms with E-state index in [2.05, 4.69) is 20.4 Å². The van der Waals surface area contributed by atoms with Crippen LogP contribution in [0.15, 0.2) is 47.2 Å². The molecule has 1 unspecified atom stereocenters. The second kappa shape index (κ2) is 8.39. The number of nitrogens with one attached hydrogen (secondary N) is 1. The summed E-state index contributed by atoms with van der Waals surface area (Å²) in [6.45, 7) is 1.78. The fourth-order valence-corrected chi connectivity index (χ4v) is 2.54. The smallest absolute Gasteiger partial charge is 0.227 e. The van der Waals surface area contributed by atoms with Crippen molar-refractivity contribution in [1.29, 1.82) is 0 Å². The first-order chi connectivity index (χ1) is 13.1. The minimum absolute atomic E-state index is 0.165. The number of nitrogens with zero attached hydrogens (tertiary/aromatic N) is 3. The zero-order chi connectivity index (χ0) is 19.2. The fraction of sp³-hybridized carbons (Fsp3) is 0.263. The molecule has 3 aromatic rings. The number of ether oxygens (including phenoxy) is 1. The maximum Gasteiger partial charge on any atom is 0.227 e. The highest BCUT2D eigenvalue weighted by Crippen LogP contribution is 2.22. The number of carbonyl (C=O) groups is 1. The highest BCUT2D eigenvalue weighted by atomic mass is 19.1. The molecule has 0 radical (unpaired) electrons. The summed E-state index contributed by atoms with van der Waals surface area (Å²) in [4.78, 5) is 20.4. The van der Waals surface area contributed by atoms with Gasteiger partial charge in [-0.15, -0.1) is 0 Å². The van der Waals surface area contributed by atoms with E-state index in [1.165, 1.54) is 19.2 Å². The molecule has 0 aliphatic rings. The van der Waals surface area contributed by atoms with Gasteiger partial charge in [0.15, 0.2) is 11.6 Å². The molecule has 0 aliphatic heterocycles. The molecule has 0 aliphatic carbocycles. The summed E-state index contributed by atoms with van der Waals surface area (Å²) < 4.78 is 23.9. The first kappa shape index (κ1) is 18.5. The van der Waals surface area contributed by atoms with Crippen molar-refractivity contribution in [1.82, 2.24) is 20.4 Å². The van der Waals surface area contributed by atoms with Gasteiger partial charge < -0.3 is 14.6 Å². The lowest BCUT2D eigenvalue weighted by Crippen LogP contribution is -2.26. The van der Waals surface area contributed by atoms with Gasteiger partial charge in [-0.3, -0.25) is 9.78 Å². The van der Waals surface area contributed by atoms with E-state index in [-0.39, 0.29) is 24.1 Å². The number of hydrogen-bond acceptors (Lipinski definition) is 6. The number of rotatable bonds is 7. The molecule has 3 rings (SSSR count). The van der Waals surface area contributed by atoms with Crippen LogP contribution in [-0.4, -0.2) is 28.1 Å². The maximum atomic E-state index is 13.8. The lowest BCUT2D eigenvalue weighted by atomic mass is 10.1. The molecule has 0 saturated carbocycles. The van der Waals surface area contributed by atoms with Crippen molar-refractivity contribution in [2.75, 3.05) is 7.11 Å². The Kier molecular flexibility index (Phi) is 5.75. The molecule has 27 heavy (non-hydrogen) atoms. The molecule has 140 valence electrons. The average Bonchev–Trinajstić information content (AvgIpc) is 3.16. The van der Waals surface area contributed by atoms with E-state index in [0.717, 1.165) is 5.56 Å². The molecule has 0 saturated heterocycles. The van der Waals surface area contributed by atoms with Crippen LogP contribution >= 0.6 is 0 Å². The zero-order valence-corrected chi connectivity index (χ0v) is 15.0. The topological polar surface area (TPSA) is 90.1 Å². The number of aromatic nitrogens is 3. The van der Waals surface area contributed by atoms with E-state index in [1.807, 2.05) is 6.07 Å². The number of benzene rings is 1. The van der Waals surface area contributed by atoms with Gasteiger partial charge in [0.2, 0.25) is 17.6 Å². The number of halogens is 1. The van der Waals surface area contributed by atoms with E-state index in [0.29, 0.717) is 23.7 Å². The molecule has 1 N–H and O–H groups in total. The normalized spacial score (nSPS) is 11.8. The van der Waals surface area contributed by atoms with Crippen LogP contribution in [0.5, 0.6) is 5.75 Å². The Morgan fingerprint density at radius 2 is 2.22 bits per heavy atom. The van der Waals surface area contributed by atoms with Crippen molar-refractivity contribution in [3.63, 3.8) is 0 Å². The first-order valence-corrected chi connectivity index (χ1v) is 8.42. The van der Waals surface area contributed by atoms with Gasteiger partial charge in [0.1, 0.15) is 0 Å². The Hall–Kier alpha value is -3.29. The minimum Gasteiger partial charge on any atom is -0.494 e. The van der Waals surface area contributed by atoms with Gasteiger partial charge in [-0.25, -0.2) is 4.39 Å². The van der Waals surface area contributed by atoms with Crippen LogP contribution in [0.4, 0.5) is 4.39 Å². The van der Waals surface area contributed by atoms with Crippen molar-refractivity contribution in [3.05, 3.63) is 60.0 Å². The second-order valence-corrected chi connectivity index (χ2v) is 5.94. The number of hydrogen-bond donors (Lipinski definition) is 1. The van der Waals surface area contributed by atoms with Crippen LogP contribution in [0.25, 0.3) is 11.4 Å². The quantitative estimate of drug-likeness (QED) is 0.687. The van der Waals surface area contributed by atoms with Gasteiger partial charge in [-0.1, -0.05) is 11.2 Å². The van der Waals surface area contributed by atoms with Crippen molar-refractivity contribution in [2.24, 2.45) is 0 Å². The largest absolute Gasteiger partial charge is 0.494 e. The van der Waals surface area contributed by atoms with Crippen molar-refractivity contribution >= 4 is 5.91 Å². The van der Waals surface area contributed by atoms with Crippen LogP contribution in [0.2, 0.25) is 0 Å². The third-order valence-corrected chi connectivity index (χ3v) is 4.01. The number of carbonyl (C=O) groups excluding carboxylic acids is 1. The Labute approximate surface area is 155 Å². The summed E-state index contributed by atoms with van der Waals surface area (Å²) in [6.07, 6.45) is 3.78. The minimum atomic E-state index is -0.468. The average molecular weight is 370 g/mol. The predicted octanol–water partition coefficient (Wildman–Crippen LogP) is 3.09. The van der Waals surface area contributed by atoms with Crippen molar-refractivity contribution in [2.45, 2.75) is 25.8 Å². The molecule has 0 bridgehead atoms. The molecule has 0 fully saturated rings. The molecule has 8 heteroatoms. The molecule has 2 aromatic heterocycles. The summed E-state index contributed by atoms with van der Waals surface area (Å²) in [5, 5.41) is 6.71. The van der Waals surface area contributed by atoms with E-state index >= 15 is 0 Å². The Bertz CT molecular complexity index is 914. The Morgan fingerprint density at radius 1 is 1.37 bits per heavy atom. The standard InChI is InChI=1S/C19H19FN4O3/c1-12(13-5-6-16(26-2)15(20)10-13)22-17(25)7-8-18-23-19(24-27-18)14-4-3-9-21-11-14/h3-6,9-12H,7-8H2,1-2H3,(H,22,25). The fourth-order valence-electron chi connectivity index (χ4n) is 2.54. The van der Waals surface area contributed by atoms with Crippen LogP contribution in [0, 0.1) is 5.82 Å². The summed E-state index contributed by atoms with van der Waals surface area (Å²) in [6, 6.07) is 7.86. The number of aryl methyl sites for hydroxylation is 1. The molecule has 1 atom stereocenters. The van der Waals surface area contributed by atoms with Crippen LogP contribution in [-0.2, 0) is 11.2 Å². The van der Waals surface area contributed by atoms with Gasteiger partial charge in [0.25, 0.3) is 0 Å². The molecule has 2 heterocycles. The van der Waals surface area contributed by atoms with E-state index in [1.54, 1.807) is 31.5 Å². The Morgan fingerprint density at radius 3 is 2.93 bits per heavy atom. The molecule has 7 nitrogen and oxygen atoms in total. The molecular formula is C19H19FN4O3. The summed E-state index contributed by atoms with van der Waals surface area (Å²) in [7, 11) is 1.40. The highest BCUT2D eigenvalue weighted by molar-refractivity contribution is 5.76. The molecule has 1 amide bonds. The molecule has 0 spiro atoms. The number of methoxy groups -OCH3 is 1. The highest BCUT2D eigenvalue weighted by Gasteiger charge is 2.14. The van der Waals surface area contributed by atoms with Gasteiger partial charge >= 0.3 is 0 Å². The Balaban J connectivity index is 1.54. The van der Waals surface area contributed by atoms with Crippen molar-refractivity contribution < 1.29 is 18.4 Å². The van der Waals surface area contributed by atoms with E-state index < -0.39 is 5.82 Å². The van der Waals surface area contributed by atoms with Gasteiger partial charge in [-0.05, 0) is 36.8 Å². The third-order valence-electron chi connectivity index (χ3n) is 4.01. The number of amides is 1. The van der Waals surface area contributed by atoms with Crippen molar-refractivity contribution in [3.8, 4) is 17.1 Å². The zero-order valence-electron chi connectivity index (χ0n) is 15.0. The lowest BCUT2D eigenvalue weighted by Gasteiger charge is -2.15. The molecular weight excluding hydrogens is 351 g/mol. The maximum absolute atomic E-state index is 13.8.